The molecule has 0 radical (unpaired) electrons. The smallest absolute Gasteiger partial charge is 0.0273 e. The molecule has 2 N–H and O–H groups in total. The second-order valence-electron chi connectivity index (χ2n) is 3.82. The van der Waals surface area contributed by atoms with Gasteiger partial charge < -0.3 is 5.73 Å². The van der Waals surface area contributed by atoms with E-state index in [1.54, 1.807) is 0 Å². The van der Waals surface area contributed by atoms with E-state index in [4.69, 9.17) is 5.73 Å². The van der Waals surface area contributed by atoms with Crippen molar-refractivity contribution in [3.63, 3.8) is 0 Å². The quantitative estimate of drug-likeness (QED) is 0.588. The van der Waals surface area contributed by atoms with Crippen LogP contribution < -0.4 is 5.73 Å². The monoisotopic (exact) mass is 213 g/mol. The fraction of sp³-hybridized carbons (Fsp3) is 0.200. The van der Waals surface area contributed by atoms with E-state index in [1.165, 1.54) is 11.1 Å². The molecule has 0 bridgehead atoms. The van der Waals surface area contributed by atoms with Crippen molar-refractivity contribution in [3.05, 3.63) is 72.0 Å². The standard InChI is InChI=1S/C15H19N/c1-3-4-10-15(16)11-6-9-14-8-5-7-13(2)12-14/h3,5-8,10-12H,1,4,9,16H2,2H3/b11-6-,15-10+. The summed E-state index contributed by atoms with van der Waals surface area (Å²) in [6.07, 6.45) is 9.57. The molecule has 0 fully saturated rings. The van der Waals surface area contributed by atoms with Gasteiger partial charge in [0, 0.05) is 5.70 Å². The Morgan fingerprint density at radius 1 is 1.44 bits per heavy atom. The van der Waals surface area contributed by atoms with E-state index in [2.05, 4.69) is 43.8 Å². The summed E-state index contributed by atoms with van der Waals surface area (Å²) in [6.45, 7) is 5.75. The first-order chi connectivity index (χ1) is 7.72. The fourth-order valence-corrected chi connectivity index (χ4v) is 1.46. The number of nitrogens with two attached hydrogens (primary N) is 1. The van der Waals surface area contributed by atoms with E-state index in [-0.39, 0.29) is 0 Å². The number of hydrogen-bond acceptors (Lipinski definition) is 1. The minimum atomic E-state index is 0.799. The van der Waals surface area contributed by atoms with Gasteiger partial charge >= 0.3 is 0 Å². The average Bonchev–Trinajstić information content (AvgIpc) is 2.26. The number of hydrogen-bond donors (Lipinski definition) is 1. The van der Waals surface area contributed by atoms with Gasteiger partial charge in [0.25, 0.3) is 0 Å². The summed E-state index contributed by atoms with van der Waals surface area (Å²) in [7, 11) is 0. The van der Waals surface area contributed by atoms with Crippen molar-refractivity contribution < 1.29 is 0 Å². The normalized spacial score (nSPS) is 11.9. The highest BCUT2D eigenvalue weighted by Crippen LogP contribution is 2.05. The highest BCUT2D eigenvalue weighted by molar-refractivity contribution is 5.25. The lowest BCUT2D eigenvalue weighted by Crippen LogP contribution is -1.92. The Bertz CT molecular complexity index is 400. The second kappa shape index (κ2) is 6.67. The van der Waals surface area contributed by atoms with Crippen LogP contribution in [0.1, 0.15) is 17.5 Å². The minimum Gasteiger partial charge on any atom is -0.399 e. The first-order valence-electron chi connectivity index (χ1n) is 5.51. The lowest BCUT2D eigenvalue weighted by Gasteiger charge is -1.98. The van der Waals surface area contributed by atoms with E-state index >= 15 is 0 Å². The molecule has 1 heteroatoms. The highest BCUT2D eigenvalue weighted by Gasteiger charge is 1.89. The SMILES string of the molecule is C=CC/C=C(N)\C=C/Cc1cccc(C)c1. The van der Waals surface area contributed by atoms with Crippen LogP contribution in [0.4, 0.5) is 0 Å². The molecule has 84 valence electrons. The predicted molar refractivity (Wildman–Crippen MR) is 71.1 cm³/mol. The summed E-state index contributed by atoms with van der Waals surface area (Å²) >= 11 is 0. The number of rotatable bonds is 5. The van der Waals surface area contributed by atoms with Gasteiger partial charge in [-0.3, -0.25) is 0 Å². The van der Waals surface area contributed by atoms with Crippen LogP contribution in [0.5, 0.6) is 0 Å². The van der Waals surface area contributed by atoms with Gasteiger partial charge in [-0.2, -0.15) is 0 Å². The van der Waals surface area contributed by atoms with E-state index in [0.717, 1.165) is 18.5 Å². The third-order valence-corrected chi connectivity index (χ3v) is 2.27. The van der Waals surface area contributed by atoms with Gasteiger partial charge in [0.1, 0.15) is 0 Å². The molecule has 1 rings (SSSR count). The van der Waals surface area contributed by atoms with Crippen LogP contribution in [0.15, 0.2) is 60.8 Å². The first kappa shape index (κ1) is 12.3. The fourth-order valence-electron chi connectivity index (χ4n) is 1.46. The van der Waals surface area contributed by atoms with E-state index < -0.39 is 0 Å². The molecule has 0 aliphatic rings. The highest BCUT2D eigenvalue weighted by atomic mass is 14.5. The Balaban J connectivity index is 2.51. The zero-order valence-corrected chi connectivity index (χ0v) is 9.82. The van der Waals surface area contributed by atoms with Crippen molar-refractivity contribution in [2.24, 2.45) is 5.73 Å². The molecule has 0 saturated carbocycles. The largest absolute Gasteiger partial charge is 0.399 e. The predicted octanol–water partition coefficient (Wildman–Crippen LogP) is 3.51. The summed E-state index contributed by atoms with van der Waals surface area (Å²) in [6, 6.07) is 8.50. The molecule has 1 aromatic carbocycles. The lowest BCUT2D eigenvalue weighted by atomic mass is 10.1. The maximum Gasteiger partial charge on any atom is 0.0273 e. The van der Waals surface area contributed by atoms with Gasteiger partial charge in [0.2, 0.25) is 0 Å². The molecule has 0 atom stereocenters. The molecule has 0 aliphatic carbocycles. The van der Waals surface area contributed by atoms with E-state index in [9.17, 15) is 0 Å². The van der Waals surface area contributed by atoms with Crippen molar-refractivity contribution in [3.8, 4) is 0 Å². The Kier molecular flexibility index (Phi) is 5.13. The summed E-state index contributed by atoms with van der Waals surface area (Å²) in [5.74, 6) is 0. The maximum absolute atomic E-state index is 5.78. The van der Waals surface area contributed by atoms with Crippen LogP contribution in [0, 0.1) is 6.92 Å². The maximum atomic E-state index is 5.78. The molecule has 0 spiro atoms. The second-order valence-corrected chi connectivity index (χ2v) is 3.82. The first-order valence-corrected chi connectivity index (χ1v) is 5.51. The van der Waals surface area contributed by atoms with Crippen molar-refractivity contribution in [1.29, 1.82) is 0 Å². The summed E-state index contributed by atoms with van der Waals surface area (Å²) in [5.41, 5.74) is 9.18. The Hall–Kier alpha value is -1.76. The van der Waals surface area contributed by atoms with Gasteiger partial charge in [0.15, 0.2) is 0 Å². The molecular weight excluding hydrogens is 194 g/mol. The minimum absolute atomic E-state index is 0.799. The third kappa shape index (κ3) is 4.65. The molecule has 16 heavy (non-hydrogen) atoms. The number of benzene rings is 1. The Morgan fingerprint density at radius 2 is 2.25 bits per heavy atom. The van der Waals surface area contributed by atoms with Crippen LogP contribution in [-0.2, 0) is 6.42 Å². The topological polar surface area (TPSA) is 26.0 Å². The summed E-state index contributed by atoms with van der Waals surface area (Å²) in [5, 5.41) is 0. The van der Waals surface area contributed by atoms with Crippen LogP contribution in [0.2, 0.25) is 0 Å². The van der Waals surface area contributed by atoms with Gasteiger partial charge in [-0.25, -0.2) is 0 Å². The zero-order valence-electron chi connectivity index (χ0n) is 9.82. The molecule has 0 aromatic heterocycles. The molecule has 0 unspecified atom stereocenters. The van der Waals surface area contributed by atoms with Crippen molar-refractivity contribution in [2.45, 2.75) is 19.8 Å². The Labute approximate surface area is 98.0 Å². The molecular formula is C15H19N. The van der Waals surface area contributed by atoms with Crippen LogP contribution >= 0.6 is 0 Å². The van der Waals surface area contributed by atoms with Crippen molar-refractivity contribution in [2.75, 3.05) is 0 Å². The average molecular weight is 213 g/mol. The molecule has 0 aliphatic heterocycles. The summed E-state index contributed by atoms with van der Waals surface area (Å²) in [4.78, 5) is 0. The number of allylic oxidation sites excluding steroid dienone is 4. The van der Waals surface area contributed by atoms with Gasteiger partial charge in [0.05, 0.1) is 0 Å². The summed E-state index contributed by atoms with van der Waals surface area (Å²) < 4.78 is 0. The van der Waals surface area contributed by atoms with Gasteiger partial charge in [-0.05, 0) is 31.4 Å². The molecule has 1 nitrogen and oxygen atoms in total. The number of aryl methyl sites for hydroxylation is 1. The molecule has 0 saturated heterocycles. The molecule has 1 aromatic rings. The lowest BCUT2D eigenvalue weighted by molar-refractivity contribution is 1.23. The van der Waals surface area contributed by atoms with Crippen LogP contribution in [-0.4, -0.2) is 0 Å². The Morgan fingerprint density at radius 3 is 2.94 bits per heavy atom. The van der Waals surface area contributed by atoms with E-state index in [0.29, 0.717) is 0 Å². The van der Waals surface area contributed by atoms with Crippen LogP contribution in [0.25, 0.3) is 0 Å². The third-order valence-electron chi connectivity index (χ3n) is 2.27. The van der Waals surface area contributed by atoms with Gasteiger partial charge in [-0.15, -0.1) is 6.58 Å². The van der Waals surface area contributed by atoms with E-state index in [1.807, 2.05) is 18.2 Å². The molecule has 0 amide bonds. The zero-order chi connectivity index (χ0) is 11.8. The van der Waals surface area contributed by atoms with Crippen molar-refractivity contribution >= 4 is 0 Å². The van der Waals surface area contributed by atoms with Gasteiger partial charge in [-0.1, -0.05) is 48.1 Å². The van der Waals surface area contributed by atoms with Crippen molar-refractivity contribution in [1.82, 2.24) is 0 Å². The molecule has 0 heterocycles. The van der Waals surface area contributed by atoms with Crippen LogP contribution in [0.3, 0.4) is 0 Å².